The largest absolute Gasteiger partial charge is 0.395 e. The van der Waals surface area contributed by atoms with E-state index in [1.165, 1.54) is 0 Å². The van der Waals surface area contributed by atoms with Crippen LogP contribution in [0.15, 0.2) is 0 Å². The molecular weight excluding hydrogens is 176 g/mol. The van der Waals surface area contributed by atoms with Crippen molar-refractivity contribution in [3.63, 3.8) is 0 Å². The summed E-state index contributed by atoms with van der Waals surface area (Å²) in [7, 11) is 0. The lowest BCUT2D eigenvalue weighted by molar-refractivity contribution is -0.0472. The van der Waals surface area contributed by atoms with Crippen molar-refractivity contribution in [2.45, 2.75) is 24.8 Å². The van der Waals surface area contributed by atoms with Crippen LogP contribution < -0.4 is 5.32 Å². The number of hydrogen-bond acceptors (Lipinski definition) is 2. The molecule has 1 atom stereocenters. The number of aliphatic hydroxyl groups is 1. The highest BCUT2D eigenvalue weighted by atomic mass is 35.5. The minimum Gasteiger partial charge on any atom is -0.395 e. The summed E-state index contributed by atoms with van der Waals surface area (Å²) >= 11 is 0. The van der Waals surface area contributed by atoms with Crippen molar-refractivity contribution in [3.8, 4) is 0 Å². The number of nitrogens with one attached hydrogen (secondary N) is 1. The van der Waals surface area contributed by atoms with Gasteiger partial charge in [-0.15, -0.1) is 12.4 Å². The third-order valence-corrected chi connectivity index (χ3v) is 1.69. The molecule has 11 heavy (non-hydrogen) atoms. The first-order valence-electron chi connectivity index (χ1n) is 3.36. The molecule has 1 fully saturated rings. The van der Waals surface area contributed by atoms with Crippen molar-refractivity contribution < 1.29 is 13.9 Å². The lowest BCUT2D eigenvalue weighted by atomic mass is 10.0. The minimum atomic E-state index is -2.57. The van der Waals surface area contributed by atoms with Gasteiger partial charge in [-0.2, -0.15) is 0 Å². The van der Waals surface area contributed by atoms with Gasteiger partial charge in [-0.25, -0.2) is 8.78 Å². The van der Waals surface area contributed by atoms with Crippen LogP contribution in [0.5, 0.6) is 0 Å². The molecule has 0 amide bonds. The van der Waals surface area contributed by atoms with Gasteiger partial charge in [0.15, 0.2) is 0 Å². The highest BCUT2D eigenvalue weighted by Crippen LogP contribution is 2.26. The van der Waals surface area contributed by atoms with Crippen LogP contribution in [-0.2, 0) is 0 Å². The third kappa shape index (κ3) is 3.31. The number of rotatable bonds is 1. The second-order valence-corrected chi connectivity index (χ2v) is 2.64. The molecule has 0 aliphatic carbocycles. The maximum Gasteiger partial charge on any atom is 0.250 e. The Hall–Kier alpha value is 0.0700. The van der Waals surface area contributed by atoms with Crippen molar-refractivity contribution in [3.05, 3.63) is 0 Å². The van der Waals surface area contributed by atoms with Gasteiger partial charge in [0.25, 0.3) is 5.92 Å². The molecule has 1 heterocycles. The van der Waals surface area contributed by atoms with E-state index in [9.17, 15) is 8.78 Å². The average Bonchev–Trinajstić information content (AvgIpc) is 1.86. The first-order valence-corrected chi connectivity index (χ1v) is 3.36. The van der Waals surface area contributed by atoms with E-state index in [2.05, 4.69) is 5.32 Å². The minimum absolute atomic E-state index is 0. The van der Waals surface area contributed by atoms with Gasteiger partial charge in [0.2, 0.25) is 0 Å². The average molecular weight is 188 g/mol. The summed E-state index contributed by atoms with van der Waals surface area (Å²) in [4.78, 5) is 0. The molecule has 0 saturated carbocycles. The van der Waals surface area contributed by atoms with Crippen LogP contribution >= 0.6 is 12.4 Å². The zero-order valence-corrected chi connectivity index (χ0v) is 6.83. The summed E-state index contributed by atoms with van der Waals surface area (Å²) in [5, 5.41) is 11.3. The van der Waals surface area contributed by atoms with Gasteiger partial charge in [0.1, 0.15) is 0 Å². The second kappa shape index (κ2) is 4.18. The summed E-state index contributed by atoms with van der Waals surface area (Å²) in [6, 6.07) is -0.413. The monoisotopic (exact) mass is 187 g/mol. The van der Waals surface area contributed by atoms with E-state index in [1.54, 1.807) is 0 Å². The Morgan fingerprint density at radius 2 is 2.18 bits per heavy atom. The van der Waals surface area contributed by atoms with Crippen molar-refractivity contribution in [2.24, 2.45) is 0 Å². The van der Waals surface area contributed by atoms with E-state index in [-0.39, 0.29) is 31.9 Å². The van der Waals surface area contributed by atoms with Crippen molar-refractivity contribution in [2.75, 3.05) is 13.2 Å². The summed E-state index contributed by atoms with van der Waals surface area (Å²) in [5.41, 5.74) is 0. The predicted octanol–water partition coefficient (Wildman–Crippen LogP) is 0.788. The molecule has 0 aromatic carbocycles. The Morgan fingerprint density at radius 1 is 1.55 bits per heavy atom. The van der Waals surface area contributed by atoms with E-state index in [0.29, 0.717) is 6.54 Å². The first-order chi connectivity index (χ1) is 4.64. The number of aliphatic hydroxyl groups excluding tert-OH is 1. The maximum absolute atomic E-state index is 12.5. The van der Waals surface area contributed by atoms with Crippen LogP contribution in [0.2, 0.25) is 0 Å². The van der Waals surface area contributed by atoms with Gasteiger partial charge >= 0.3 is 0 Å². The zero-order valence-electron chi connectivity index (χ0n) is 6.02. The van der Waals surface area contributed by atoms with Gasteiger partial charge in [0.05, 0.1) is 6.61 Å². The van der Waals surface area contributed by atoms with E-state index in [1.807, 2.05) is 0 Å². The Bertz CT molecular complexity index is 123. The Balaban J connectivity index is 0.000001000. The molecule has 1 aliphatic rings. The molecule has 0 aromatic rings. The van der Waals surface area contributed by atoms with Crippen LogP contribution in [-0.4, -0.2) is 30.2 Å². The molecule has 1 aliphatic heterocycles. The molecule has 0 bridgehead atoms. The molecule has 1 unspecified atom stereocenters. The summed E-state index contributed by atoms with van der Waals surface area (Å²) in [6.45, 7) is 0.105. The zero-order chi connectivity index (χ0) is 7.61. The number of alkyl halides is 2. The van der Waals surface area contributed by atoms with Gasteiger partial charge < -0.3 is 10.4 Å². The normalized spacial score (nSPS) is 29.2. The van der Waals surface area contributed by atoms with E-state index in [4.69, 9.17) is 5.11 Å². The molecule has 2 nitrogen and oxygen atoms in total. The molecule has 2 N–H and O–H groups in total. The lowest BCUT2D eigenvalue weighted by Gasteiger charge is -2.28. The standard InChI is InChI=1S/C6H11F2NO.ClH/c7-6(8)1-2-9-5(3-6)4-10;/h5,9-10H,1-4H2;1H. The highest BCUT2D eigenvalue weighted by molar-refractivity contribution is 5.85. The molecule has 1 rings (SSSR count). The summed E-state index contributed by atoms with van der Waals surface area (Å²) in [5.74, 6) is -2.57. The SMILES string of the molecule is Cl.OCC1CC(F)(F)CCN1. The third-order valence-electron chi connectivity index (χ3n) is 1.69. The first kappa shape index (κ1) is 11.1. The number of hydrogen-bond donors (Lipinski definition) is 2. The topological polar surface area (TPSA) is 32.3 Å². The predicted molar refractivity (Wildman–Crippen MR) is 40.3 cm³/mol. The van der Waals surface area contributed by atoms with Crippen molar-refractivity contribution in [1.29, 1.82) is 0 Å². The Morgan fingerprint density at radius 3 is 2.55 bits per heavy atom. The quantitative estimate of drug-likeness (QED) is 0.636. The number of halogens is 3. The van der Waals surface area contributed by atoms with Crippen LogP contribution in [0.25, 0.3) is 0 Å². The second-order valence-electron chi connectivity index (χ2n) is 2.64. The van der Waals surface area contributed by atoms with Gasteiger partial charge in [-0.05, 0) is 0 Å². The van der Waals surface area contributed by atoms with Crippen LogP contribution in [0, 0.1) is 0 Å². The van der Waals surface area contributed by atoms with Crippen LogP contribution in [0.1, 0.15) is 12.8 Å². The van der Waals surface area contributed by atoms with Crippen molar-refractivity contribution >= 4 is 12.4 Å². The lowest BCUT2D eigenvalue weighted by Crippen LogP contribution is -2.45. The molecule has 68 valence electrons. The Kier molecular flexibility index (Phi) is 4.21. The molecule has 1 saturated heterocycles. The molecule has 0 spiro atoms. The molecule has 0 radical (unpaired) electrons. The van der Waals surface area contributed by atoms with Gasteiger partial charge in [-0.3, -0.25) is 0 Å². The fraction of sp³-hybridized carbons (Fsp3) is 1.00. The number of piperidine rings is 1. The summed E-state index contributed by atoms with van der Waals surface area (Å²) < 4.78 is 25.0. The molecule has 0 aromatic heterocycles. The highest BCUT2D eigenvalue weighted by Gasteiger charge is 2.35. The van der Waals surface area contributed by atoms with Crippen molar-refractivity contribution in [1.82, 2.24) is 5.32 Å². The fourth-order valence-corrected chi connectivity index (χ4v) is 1.12. The molecule has 5 heteroatoms. The van der Waals surface area contributed by atoms with Gasteiger partial charge in [-0.1, -0.05) is 0 Å². The summed E-state index contributed by atoms with van der Waals surface area (Å²) in [6.07, 6.45) is -0.340. The maximum atomic E-state index is 12.5. The Labute approximate surface area is 70.4 Å². The van der Waals surface area contributed by atoms with Crippen LogP contribution in [0.3, 0.4) is 0 Å². The molecular formula is C6H12ClF2NO. The van der Waals surface area contributed by atoms with E-state index < -0.39 is 12.0 Å². The van der Waals surface area contributed by atoms with E-state index >= 15 is 0 Å². The smallest absolute Gasteiger partial charge is 0.250 e. The van der Waals surface area contributed by atoms with E-state index in [0.717, 1.165) is 0 Å². The van der Waals surface area contributed by atoms with Crippen LogP contribution in [0.4, 0.5) is 8.78 Å². The van der Waals surface area contributed by atoms with Gasteiger partial charge in [0, 0.05) is 25.4 Å². The fourth-order valence-electron chi connectivity index (χ4n) is 1.12.